The van der Waals surface area contributed by atoms with Crippen LogP contribution in [0.1, 0.15) is 194 Å². The quantitative estimate of drug-likeness (QED) is 0.0515. The zero-order chi connectivity index (χ0) is 34.7. The fourth-order valence-electron chi connectivity index (χ4n) is 7.68. The Balaban J connectivity index is 1.76. The van der Waals surface area contributed by atoms with Crippen LogP contribution in [-0.2, 0) is 19.2 Å². The van der Waals surface area contributed by atoms with Crippen LogP contribution in [-0.4, -0.2) is 46.5 Å². The molecule has 0 aliphatic carbocycles. The third-order valence-corrected chi connectivity index (χ3v) is 10.7. The molecule has 2 aliphatic rings. The largest absolute Gasteiger partial charge is 0.275 e. The Bertz CT molecular complexity index is 921. The topological polar surface area (TPSA) is 74.8 Å². The van der Waals surface area contributed by atoms with E-state index in [-0.39, 0.29) is 23.6 Å². The molecule has 2 unspecified atom stereocenters. The van der Waals surface area contributed by atoms with Crippen molar-refractivity contribution in [1.29, 1.82) is 0 Å². The number of imide groups is 2. The van der Waals surface area contributed by atoms with E-state index < -0.39 is 0 Å². The molecule has 4 amide bonds. The van der Waals surface area contributed by atoms with Crippen LogP contribution < -0.4 is 0 Å². The van der Waals surface area contributed by atoms with Gasteiger partial charge in [0.25, 0.3) is 23.6 Å². The number of carbonyl (C=O) groups is 4. The molecule has 0 N–H and O–H groups in total. The lowest BCUT2D eigenvalue weighted by Crippen LogP contribution is -2.30. The maximum atomic E-state index is 11.8. The van der Waals surface area contributed by atoms with Gasteiger partial charge in [0, 0.05) is 37.4 Å². The molecule has 0 bridgehead atoms. The monoisotopic (exact) mass is 669 g/mol. The second-order valence-corrected chi connectivity index (χ2v) is 14.8. The van der Waals surface area contributed by atoms with Gasteiger partial charge in [-0.2, -0.15) is 0 Å². The average Bonchev–Trinajstić information content (AvgIpc) is 3.58. The third kappa shape index (κ3) is 18.5. The first-order valence-corrected chi connectivity index (χ1v) is 20.5. The van der Waals surface area contributed by atoms with Crippen LogP contribution in [0.3, 0.4) is 0 Å². The Morgan fingerprint density at radius 1 is 0.354 bits per heavy atom. The first-order chi connectivity index (χ1) is 23.5. The second kappa shape index (κ2) is 27.6. The van der Waals surface area contributed by atoms with Crippen LogP contribution in [0.5, 0.6) is 0 Å². The van der Waals surface area contributed by atoms with E-state index in [1.54, 1.807) is 0 Å². The second-order valence-electron chi connectivity index (χ2n) is 14.8. The fourth-order valence-corrected chi connectivity index (χ4v) is 7.68. The molecule has 274 valence electrons. The summed E-state index contributed by atoms with van der Waals surface area (Å²) in [6.45, 7) is 5.71. The van der Waals surface area contributed by atoms with Crippen molar-refractivity contribution in [3.63, 3.8) is 0 Å². The summed E-state index contributed by atoms with van der Waals surface area (Å²) in [5, 5.41) is 0. The minimum absolute atomic E-state index is 0.155. The molecule has 2 rings (SSSR count). The van der Waals surface area contributed by atoms with Gasteiger partial charge in [0.2, 0.25) is 0 Å². The maximum Gasteiger partial charge on any atom is 0.253 e. The Morgan fingerprint density at radius 2 is 0.583 bits per heavy atom. The summed E-state index contributed by atoms with van der Waals surface area (Å²) in [4.78, 5) is 49.8. The number of hydrogen-bond donors (Lipinski definition) is 0. The molecular formula is C42H72N2O4. The van der Waals surface area contributed by atoms with Crippen molar-refractivity contribution < 1.29 is 19.2 Å². The molecule has 0 aromatic carbocycles. The molecule has 6 nitrogen and oxygen atoms in total. The van der Waals surface area contributed by atoms with E-state index in [9.17, 15) is 19.2 Å². The van der Waals surface area contributed by atoms with Crippen molar-refractivity contribution in [2.45, 2.75) is 194 Å². The first kappa shape index (κ1) is 41.9. The molecule has 0 aromatic rings. The summed E-state index contributed by atoms with van der Waals surface area (Å²) in [7, 11) is 0. The van der Waals surface area contributed by atoms with E-state index in [1.807, 2.05) is 0 Å². The number of unbranched alkanes of at least 4 members (excludes halogenated alkanes) is 20. The molecular weight excluding hydrogens is 596 g/mol. The average molecular weight is 669 g/mol. The van der Waals surface area contributed by atoms with Gasteiger partial charge >= 0.3 is 0 Å². The highest BCUT2D eigenvalue weighted by atomic mass is 16.2. The van der Waals surface area contributed by atoms with Gasteiger partial charge in [0.05, 0.1) is 0 Å². The summed E-state index contributed by atoms with van der Waals surface area (Å²) in [6, 6.07) is 0. The van der Waals surface area contributed by atoms with E-state index in [4.69, 9.17) is 0 Å². The first-order valence-electron chi connectivity index (χ1n) is 20.5. The van der Waals surface area contributed by atoms with Crippen LogP contribution in [0.15, 0.2) is 24.3 Å². The van der Waals surface area contributed by atoms with Gasteiger partial charge in [-0.3, -0.25) is 29.0 Å². The van der Waals surface area contributed by atoms with Crippen LogP contribution in [0.25, 0.3) is 0 Å². The van der Waals surface area contributed by atoms with E-state index >= 15 is 0 Å². The zero-order valence-electron chi connectivity index (χ0n) is 31.2. The molecule has 6 heteroatoms. The van der Waals surface area contributed by atoms with Gasteiger partial charge in [0.15, 0.2) is 0 Å². The molecule has 2 heterocycles. The number of carbonyl (C=O) groups excluding carboxylic acids is 4. The SMILES string of the molecule is CCCCCCCCC(CCCCCCCCCN1C(=O)C=CC1=O)C(CCCCCCCC)CCCCCCCN1C(=O)C=CC1=O. The predicted molar refractivity (Wildman–Crippen MR) is 199 cm³/mol. The maximum absolute atomic E-state index is 11.8. The standard InChI is InChI=1S/C42H72N2O4/c1-3-5-7-9-15-21-27-37(29-23-17-12-11-13-19-25-35-43-39(45)31-32-40(43)46)38(28-22-16-10-8-6-4-2)30-24-18-14-20-26-36-44-41(47)33-34-42(44)48/h31-34,37-38H,3-30,35-36H2,1-2H3. The molecule has 0 radical (unpaired) electrons. The molecule has 0 spiro atoms. The molecule has 48 heavy (non-hydrogen) atoms. The normalized spacial score (nSPS) is 15.9. The van der Waals surface area contributed by atoms with E-state index in [2.05, 4.69) is 13.8 Å². The van der Waals surface area contributed by atoms with Gasteiger partial charge in [-0.1, -0.05) is 181 Å². The molecule has 0 aromatic heterocycles. The van der Waals surface area contributed by atoms with Crippen molar-refractivity contribution in [2.24, 2.45) is 11.8 Å². The molecule has 0 saturated carbocycles. The van der Waals surface area contributed by atoms with Crippen LogP contribution >= 0.6 is 0 Å². The van der Waals surface area contributed by atoms with Gasteiger partial charge in [-0.25, -0.2) is 0 Å². The lowest BCUT2D eigenvalue weighted by Gasteiger charge is -2.28. The van der Waals surface area contributed by atoms with Gasteiger partial charge in [0.1, 0.15) is 0 Å². The van der Waals surface area contributed by atoms with E-state index in [0.717, 1.165) is 37.5 Å². The molecule has 2 atom stereocenters. The van der Waals surface area contributed by atoms with Crippen molar-refractivity contribution in [3.05, 3.63) is 24.3 Å². The summed E-state index contributed by atoms with van der Waals surface area (Å²) < 4.78 is 0. The summed E-state index contributed by atoms with van der Waals surface area (Å²) >= 11 is 0. The zero-order valence-corrected chi connectivity index (χ0v) is 31.2. The van der Waals surface area contributed by atoms with Gasteiger partial charge in [-0.15, -0.1) is 0 Å². The Kier molecular flexibility index (Phi) is 24.1. The highest BCUT2D eigenvalue weighted by Gasteiger charge is 2.24. The van der Waals surface area contributed by atoms with Crippen LogP contribution in [0.2, 0.25) is 0 Å². The summed E-state index contributed by atoms with van der Waals surface area (Å²) in [5.41, 5.74) is 0. The van der Waals surface area contributed by atoms with Crippen molar-refractivity contribution in [3.8, 4) is 0 Å². The third-order valence-electron chi connectivity index (χ3n) is 10.7. The van der Waals surface area contributed by atoms with Gasteiger partial charge in [-0.05, 0) is 24.7 Å². The van der Waals surface area contributed by atoms with Crippen LogP contribution in [0.4, 0.5) is 0 Å². The van der Waals surface area contributed by atoms with Crippen molar-refractivity contribution in [2.75, 3.05) is 13.1 Å². The number of hydrogen-bond acceptors (Lipinski definition) is 4. The molecule has 0 fully saturated rings. The Hall–Kier alpha value is -2.24. The highest BCUT2D eigenvalue weighted by Crippen LogP contribution is 2.34. The Morgan fingerprint density at radius 3 is 0.854 bits per heavy atom. The summed E-state index contributed by atoms with van der Waals surface area (Å²) in [6.07, 6.45) is 41.7. The van der Waals surface area contributed by atoms with Gasteiger partial charge < -0.3 is 0 Å². The van der Waals surface area contributed by atoms with Crippen molar-refractivity contribution in [1.82, 2.24) is 9.80 Å². The van der Waals surface area contributed by atoms with Crippen LogP contribution in [0, 0.1) is 11.8 Å². The number of rotatable bonds is 33. The highest BCUT2D eigenvalue weighted by molar-refractivity contribution is 6.13. The number of amides is 4. The summed E-state index contributed by atoms with van der Waals surface area (Å²) in [5.74, 6) is 1.08. The van der Waals surface area contributed by atoms with Crippen molar-refractivity contribution >= 4 is 23.6 Å². The molecule has 2 aliphatic heterocycles. The predicted octanol–water partition coefficient (Wildman–Crippen LogP) is 11.0. The lowest BCUT2D eigenvalue weighted by atomic mass is 9.78. The smallest absolute Gasteiger partial charge is 0.253 e. The van der Waals surface area contributed by atoms with E-state index in [0.29, 0.717) is 13.1 Å². The fraction of sp³-hybridized carbons (Fsp3) is 0.810. The Labute approximate surface area is 294 Å². The minimum atomic E-state index is -0.159. The number of nitrogens with zero attached hydrogens (tertiary/aromatic N) is 2. The van der Waals surface area contributed by atoms with E-state index in [1.165, 1.54) is 188 Å². The molecule has 0 saturated heterocycles. The lowest BCUT2D eigenvalue weighted by molar-refractivity contribution is -0.138. The minimum Gasteiger partial charge on any atom is -0.275 e.